The van der Waals surface area contributed by atoms with Crippen LogP contribution in [-0.2, 0) is 4.79 Å². The number of ether oxygens (including phenoxy) is 1. The zero-order valence-corrected chi connectivity index (χ0v) is 16.3. The van der Waals surface area contributed by atoms with Crippen LogP contribution in [-0.4, -0.2) is 41.0 Å². The Morgan fingerprint density at radius 2 is 1.87 bits per heavy atom. The predicted octanol–water partition coefficient (Wildman–Crippen LogP) is 3.28. The molecule has 11 heteroatoms. The van der Waals surface area contributed by atoms with Gasteiger partial charge >= 0.3 is 6.18 Å². The first kappa shape index (κ1) is 21.3. The summed E-state index contributed by atoms with van der Waals surface area (Å²) >= 11 is 5.97. The van der Waals surface area contributed by atoms with Gasteiger partial charge in [0, 0.05) is 41.0 Å². The van der Waals surface area contributed by atoms with E-state index in [9.17, 15) is 18.0 Å². The van der Waals surface area contributed by atoms with E-state index in [0.717, 1.165) is 10.2 Å². The molecular weight excluding hydrogens is 423 g/mol. The molecule has 1 N–H and O–H groups in total. The molecule has 156 valence electrons. The molecule has 1 aromatic carbocycles. The summed E-state index contributed by atoms with van der Waals surface area (Å²) in [6, 6.07) is 9.77. The molecule has 0 fully saturated rings. The van der Waals surface area contributed by atoms with Crippen LogP contribution in [0, 0.1) is 0 Å². The van der Waals surface area contributed by atoms with Crippen LogP contribution in [0.3, 0.4) is 0 Å². The molecule has 0 radical (unpaired) electrons. The highest BCUT2D eigenvalue weighted by molar-refractivity contribution is 6.30. The zero-order chi connectivity index (χ0) is 21.7. The maximum atomic E-state index is 12.4. The number of carbonyl (C=O) groups is 1. The van der Waals surface area contributed by atoms with Gasteiger partial charge in [-0.3, -0.25) is 4.79 Å². The van der Waals surface area contributed by atoms with E-state index in [2.05, 4.69) is 25.3 Å². The molecule has 2 aromatic heterocycles. The average molecular weight is 438 g/mol. The van der Waals surface area contributed by atoms with Crippen molar-refractivity contribution in [1.29, 1.82) is 0 Å². The molecule has 0 aliphatic heterocycles. The van der Waals surface area contributed by atoms with Crippen molar-refractivity contribution >= 4 is 18.0 Å². The minimum absolute atomic E-state index is 0.186. The lowest BCUT2D eigenvalue weighted by Crippen LogP contribution is -2.28. The van der Waals surface area contributed by atoms with Gasteiger partial charge in [-0.2, -0.15) is 28.1 Å². The van der Waals surface area contributed by atoms with Crippen LogP contribution < -0.4 is 15.7 Å². The van der Waals surface area contributed by atoms with Crippen LogP contribution in [0.25, 0.3) is 22.3 Å². The highest BCUT2D eigenvalue weighted by Crippen LogP contribution is 2.30. The molecule has 0 saturated heterocycles. The number of hydrogen-bond donors (Lipinski definition) is 1. The topological polar surface area (TPSA) is 81.4 Å². The number of nitrogens with one attached hydrogen (secondary N) is 1. The second-order valence-corrected chi connectivity index (χ2v) is 6.37. The van der Waals surface area contributed by atoms with Gasteiger partial charge in [-0.15, -0.1) is 0 Å². The molecule has 30 heavy (non-hydrogen) atoms. The van der Waals surface area contributed by atoms with Crippen molar-refractivity contribution in [1.82, 2.24) is 20.2 Å². The standard InChI is InChI=1S/C19H15ClF3N5O2/c1-24-27-18-17(13-4-7-16(25-8-13)30-10-19(21,22)23)15(9-26-28(18)11-29)12-2-5-14(20)6-3-12/h2-9,11,24H,10H2,1H3/b27-18-. The van der Waals surface area contributed by atoms with E-state index in [0.29, 0.717) is 28.1 Å². The summed E-state index contributed by atoms with van der Waals surface area (Å²) in [5, 5.41) is 8.76. The van der Waals surface area contributed by atoms with Crippen molar-refractivity contribution < 1.29 is 22.7 Å². The Morgan fingerprint density at radius 1 is 1.17 bits per heavy atom. The van der Waals surface area contributed by atoms with Gasteiger partial charge in [-0.1, -0.05) is 23.7 Å². The van der Waals surface area contributed by atoms with E-state index in [4.69, 9.17) is 11.6 Å². The Balaban J connectivity index is 2.15. The summed E-state index contributed by atoms with van der Waals surface area (Å²) < 4.78 is 42.7. The fraction of sp³-hybridized carbons (Fsp3) is 0.158. The molecule has 7 nitrogen and oxygen atoms in total. The molecule has 3 rings (SSSR count). The zero-order valence-electron chi connectivity index (χ0n) is 15.5. The summed E-state index contributed by atoms with van der Waals surface area (Å²) in [4.78, 5) is 15.4. The van der Waals surface area contributed by atoms with Crippen LogP contribution >= 0.6 is 11.6 Å². The van der Waals surface area contributed by atoms with Crippen LogP contribution in [0.5, 0.6) is 5.88 Å². The molecule has 0 spiro atoms. The molecule has 0 atom stereocenters. The fourth-order valence-corrected chi connectivity index (χ4v) is 2.79. The Kier molecular flexibility index (Phi) is 6.36. The largest absolute Gasteiger partial charge is 0.468 e. The Hall–Kier alpha value is -3.40. The van der Waals surface area contributed by atoms with Gasteiger partial charge in [0.2, 0.25) is 12.3 Å². The number of alkyl halides is 3. The lowest BCUT2D eigenvalue weighted by molar-refractivity contribution is -0.154. The van der Waals surface area contributed by atoms with Gasteiger partial charge < -0.3 is 10.2 Å². The Bertz CT molecular complexity index is 1100. The van der Waals surface area contributed by atoms with Crippen LogP contribution in [0.2, 0.25) is 5.02 Å². The number of rotatable bonds is 6. The summed E-state index contributed by atoms with van der Waals surface area (Å²) in [6.07, 6.45) is -1.17. The number of nitrogens with zero attached hydrogens (tertiary/aromatic N) is 4. The highest BCUT2D eigenvalue weighted by Gasteiger charge is 2.28. The number of carbonyl (C=O) groups excluding carboxylic acids is 1. The minimum atomic E-state index is -4.47. The van der Waals surface area contributed by atoms with E-state index in [1.54, 1.807) is 31.3 Å². The van der Waals surface area contributed by atoms with Crippen molar-refractivity contribution in [2.24, 2.45) is 5.10 Å². The first-order chi connectivity index (χ1) is 14.3. The van der Waals surface area contributed by atoms with E-state index in [1.807, 2.05) is 0 Å². The summed E-state index contributed by atoms with van der Waals surface area (Å²) in [5.74, 6) is -0.187. The first-order valence-corrected chi connectivity index (χ1v) is 8.89. The highest BCUT2D eigenvalue weighted by atomic mass is 35.5. The van der Waals surface area contributed by atoms with Gasteiger partial charge in [0.05, 0.1) is 6.20 Å². The van der Waals surface area contributed by atoms with Crippen molar-refractivity contribution in [3.05, 3.63) is 59.3 Å². The average Bonchev–Trinajstić information content (AvgIpc) is 2.73. The van der Waals surface area contributed by atoms with Crippen molar-refractivity contribution in [3.8, 4) is 28.1 Å². The normalized spacial score (nSPS) is 12.0. The maximum Gasteiger partial charge on any atom is 0.422 e. The molecule has 0 saturated carbocycles. The first-order valence-electron chi connectivity index (χ1n) is 8.52. The number of pyridine rings is 1. The van der Waals surface area contributed by atoms with Crippen LogP contribution in [0.4, 0.5) is 13.2 Å². The molecule has 0 amide bonds. The summed E-state index contributed by atoms with van der Waals surface area (Å²) in [5.41, 5.74) is 5.14. The van der Waals surface area contributed by atoms with Gasteiger partial charge in [-0.05, 0) is 23.8 Å². The van der Waals surface area contributed by atoms with E-state index >= 15 is 0 Å². The Labute approximate surface area is 173 Å². The van der Waals surface area contributed by atoms with Crippen molar-refractivity contribution in [2.45, 2.75) is 6.18 Å². The third kappa shape index (κ3) is 4.95. The monoisotopic (exact) mass is 437 g/mol. The second-order valence-electron chi connectivity index (χ2n) is 5.94. The second kappa shape index (κ2) is 8.95. The van der Waals surface area contributed by atoms with Crippen LogP contribution in [0.1, 0.15) is 0 Å². The van der Waals surface area contributed by atoms with Gasteiger partial charge in [0.25, 0.3) is 0 Å². The van der Waals surface area contributed by atoms with Gasteiger partial charge in [0.1, 0.15) is 0 Å². The third-order valence-electron chi connectivity index (χ3n) is 3.90. The molecular formula is C19H15ClF3N5O2. The molecule has 0 aliphatic rings. The van der Waals surface area contributed by atoms with Crippen molar-refractivity contribution in [2.75, 3.05) is 13.7 Å². The fourth-order valence-electron chi connectivity index (χ4n) is 2.67. The maximum absolute atomic E-state index is 12.4. The third-order valence-corrected chi connectivity index (χ3v) is 4.15. The van der Waals surface area contributed by atoms with E-state index in [1.165, 1.54) is 24.5 Å². The van der Waals surface area contributed by atoms with E-state index in [-0.39, 0.29) is 11.4 Å². The summed E-state index contributed by atoms with van der Waals surface area (Å²) in [6.45, 7) is -1.45. The van der Waals surface area contributed by atoms with Crippen LogP contribution in [0.15, 0.2) is 53.9 Å². The minimum Gasteiger partial charge on any atom is -0.468 e. The lowest BCUT2D eigenvalue weighted by atomic mass is 9.98. The molecule has 0 aliphatic carbocycles. The number of benzene rings is 1. The predicted molar refractivity (Wildman–Crippen MR) is 104 cm³/mol. The number of hydrogen-bond acceptors (Lipinski definition) is 6. The molecule has 2 heterocycles. The number of halogens is 4. The van der Waals surface area contributed by atoms with E-state index < -0.39 is 12.8 Å². The quantitative estimate of drug-likeness (QED) is 0.473. The molecule has 3 aromatic rings. The SMILES string of the molecule is CN/N=c1/c(-c2ccc(OCC(F)(F)F)nc2)c(-c2ccc(Cl)cc2)cnn1C=O. The van der Waals surface area contributed by atoms with Gasteiger partial charge in [-0.25, -0.2) is 4.98 Å². The molecule has 0 bridgehead atoms. The van der Waals surface area contributed by atoms with Gasteiger partial charge in [0.15, 0.2) is 12.1 Å². The Morgan fingerprint density at radius 3 is 2.43 bits per heavy atom. The smallest absolute Gasteiger partial charge is 0.422 e. The van der Waals surface area contributed by atoms with Crippen molar-refractivity contribution in [3.63, 3.8) is 0 Å². The summed E-state index contributed by atoms with van der Waals surface area (Å²) in [7, 11) is 1.56. The molecule has 0 unspecified atom stereocenters. The lowest BCUT2D eigenvalue weighted by Gasteiger charge is -2.13. The number of aromatic nitrogens is 3.